The van der Waals surface area contributed by atoms with Gasteiger partial charge >= 0.3 is 5.97 Å². The molecule has 1 atom stereocenters. The number of fused-ring (bicyclic) bond motifs is 4. The monoisotopic (exact) mass is 494 g/mol. The summed E-state index contributed by atoms with van der Waals surface area (Å²) in [5.41, 5.74) is 4.38. The normalized spacial score (nSPS) is 15.4. The average molecular weight is 495 g/mol. The van der Waals surface area contributed by atoms with Crippen LogP contribution in [0.3, 0.4) is 0 Å². The van der Waals surface area contributed by atoms with E-state index in [1.807, 2.05) is 29.5 Å². The van der Waals surface area contributed by atoms with E-state index in [2.05, 4.69) is 34.6 Å². The van der Waals surface area contributed by atoms with Crippen LogP contribution in [0.15, 0.2) is 35.5 Å². The van der Waals surface area contributed by atoms with Gasteiger partial charge in [0.25, 0.3) is 0 Å². The zero-order chi connectivity index (χ0) is 23.8. The molecule has 0 saturated carbocycles. The van der Waals surface area contributed by atoms with Crippen molar-refractivity contribution in [2.45, 2.75) is 45.2 Å². The summed E-state index contributed by atoms with van der Waals surface area (Å²) >= 11 is 2.84. The number of hydrogen-bond acceptors (Lipinski definition) is 7. The minimum absolute atomic E-state index is 0.157. The highest BCUT2D eigenvalue weighted by molar-refractivity contribution is 7.99. The first kappa shape index (κ1) is 22.9. The summed E-state index contributed by atoms with van der Waals surface area (Å²) in [7, 11) is 0. The molecule has 9 heteroatoms. The number of nitrogens with zero attached hydrogens (tertiary/aromatic N) is 3. The maximum absolute atomic E-state index is 12.9. The molecule has 1 N–H and O–H groups in total. The fraction of sp³-hybridized carbons (Fsp3) is 0.360. The van der Waals surface area contributed by atoms with Gasteiger partial charge in [-0.25, -0.2) is 4.79 Å². The van der Waals surface area contributed by atoms with Crippen LogP contribution in [0, 0.1) is 12.8 Å². The molecule has 0 bridgehead atoms. The van der Waals surface area contributed by atoms with Crippen LogP contribution in [0.2, 0.25) is 0 Å². The molecule has 0 saturated heterocycles. The maximum atomic E-state index is 12.9. The summed E-state index contributed by atoms with van der Waals surface area (Å²) in [6.45, 7) is 6.32. The molecular formula is C25H26N4O3S2. The molecule has 4 aromatic rings. The number of aromatic nitrogens is 3. The SMILES string of the molecule is CCOC(=O)c1c(NC(=O)CSc2nnc3c(C)cc4ccccc4n23)sc2c1CCC(C)C2. The Hall–Kier alpha value is -2.91. The zero-order valence-electron chi connectivity index (χ0n) is 19.4. The summed E-state index contributed by atoms with van der Waals surface area (Å²) in [6, 6.07) is 10.2. The first-order chi connectivity index (χ1) is 16.5. The van der Waals surface area contributed by atoms with Gasteiger partial charge in [-0.1, -0.05) is 36.9 Å². The first-order valence-corrected chi connectivity index (χ1v) is 13.2. The van der Waals surface area contributed by atoms with Gasteiger partial charge in [-0.3, -0.25) is 9.20 Å². The van der Waals surface area contributed by atoms with Crippen LogP contribution in [-0.4, -0.2) is 38.8 Å². The molecule has 176 valence electrons. The lowest BCUT2D eigenvalue weighted by atomic mass is 9.88. The number of rotatable bonds is 6. The number of thioether (sulfide) groups is 1. The number of hydrogen-bond donors (Lipinski definition) is 1. The zero-order valence-corrected chi connectivity index (χ0v) is 21.0. The van der Waals surface area contributed by atoms with E-state index in [9.17, 15) is 9.59 Å². The molecule has 3 heterocycles. The minimum atomic E-state index is -0.358. The van der Waals surface area contributed by atoms with Crippen LogP contribution in [0.5, 0.6) is 0 Å². The van der Waals surface area contributed by atoms with Crippen molar-refractivity contribution < 1.29 is 14.3 Å². The molecule has 3 aromatic heterocycles. The highest BCUT2D eigenvalue weighted by Gasteiger charge is 2.29. The number of esters is 1. The van der Waals surface area contributed by atoms with Gasteiger partial charge in [-0.15, -0.1) is 21.5 Å². The van der Waals surface area contributed by atoms with Crippen LogP contribution < -0.4 is 5.32 Å². The third-order valence-corrected chi connectivity index (χ3v) is 8.21. The van der Waals surface area contributed by atoms with Gasteiger partial charge in [0, 0.05) is 4.88 Å². The molecule has 0 aliphatic heterocycles. The summed E-state index contributed by atoms with van der Waals surface area (Å²) in [5, 5.41) is 14.0. The Kier molecular flexibility index (Phi) is 6.31. The van der Waals surface area contributed by atoms with Crippen LogP contribution in [0.25, 0.3) is 16.6 Å². The number of aryl methyl sites for hydroxylation is 1. The third kappa shape index (κ3) is 4.18. The predicted molar refractivity (Wildman–Crippen MR) is 136 cm³/mol. The largest absolute Gasteiger partial charge is 0.462 e. The third-order valence-electron chi connectivity index (χ3n) is 6.11. The van der Waals surface area contributed by atoms with Gasteiger partial charge in [-0.05, 0) is 67.7 Å². The highest BCUT2D eigenvalue weighted by Crippen LogP contribution is 2.40. The molecule has 1 aliphatic carbocycles. The van der Waals surface area contributed by atoms with Crippen molar-refractivity contribution in [1.82, 2.24) is 14.6 Å². The highest BCUT2D eigenvalue weighted by atomic mass is 32.2. The van der Waals surface area contributed by atoms with Crippen molar-refractivity contribution in [3.63, 3.8) is 0 Å². The van der Waals surface area contributed by atoms with Crippen molar-refractivity contribution >= 4 is 56.5 Å². The van der Waals surface area contributed by atoms with Gasteiger partial charge in [0.2, 0.25) is 5.91 Å². The molecule has 0 fully saturated rings. The number of anilines is 1. The van der Waals surface area contributed by atoms with Gasteiger partial charge in [0.05, 0.1) is 23.4 Å². The van der Waals surface area contributed by atoms with Crippen molar-refractivity contribution in [1.29, 1.82) is 0 Å². The van der Waals surface area contributed by atoms with Crippen molar-refractivity contribution in [2.24, 2.45) is 5.92 Å². The predicted octanol–water partition coefficient (Wildman–Crippen LogP) is 5.28. The molecule has 0 radical (unpaired) electrons. The number of amides is 1. The summed E-state index contributed by atoms with van der Waals surface area (Å²) < 4.78 is 7.31. The van der Waals surface area contributed by atoms with Crippen LogP contribution in [0.1, 0.15) is 46.6 Å². The molecule has 1 unspecified atom stereocenters. The van der Waals surface area contributed by atoms with E-state index in [-0.39, 0.29) is 17.6 Å². The number of nitrogens with one attached hydrogen (secondary N) is 1. The number of carbonyl (C=O) groups excluding carboxylic acids is 2. The number of para-hydroxylation sites is 1. The van der Waals surface area contributed by atoms with Crippen molar-refractivity contribution in [2.75, 3.05) is 17.7 Å². The Balaban J connectivity index is 1.39. The average Bonchev–Trinajstić information content (AvgIpc) is 3.39. The second kappa shape index (κ2) is 9.38. The number of thiophene rings is 1. The van der Waals surface area contributed by atoms with Crippen LogP contribution in [0.4, 0.5) is 5.00 Å². The topological polar surface area (TPSA) is 85.6 Å². The van der Waals surface area contributed by atoms with E-state index in [4.69, 9.17) is 4.74 Å². The van der Waals surface area contributed by atoms with E-state index in [1.54, 1.807) is 6.92 Å². The lowest BCUT2D eigenvalue weighted by molar-refractivity contribution is -0.113. The molecule has 7 nitrogen and oxygen atoms in total. The fourth-order valence-corrected chi connectivity index (χ4v) is 6.66. The van der Waals surface area contributed by atoms with Gasteiger partial charge in [0.1, 0.15) is 5.00 Å². The standard InChI is InChI=1S/C25H26N4O3S2/c1-4-32-24(31)21-17-10-9-14(2)11-19(17)34-23(21)26-20(30)13-33-25-28-27-22-15(3)12-16-7-5-6-8-18(16)29(22)25/h5-8,12,14H,4,9-11,13H2,1-3H3,(H,26,30). The Morgan fingerprint density at radius 3 is 2.94 bits per heavy atom. The molecule has 0 spiro atoms. The molecule has 5 rings (SSSR count). The van der Waals surface area contributed by atoms with E-state index in [0.29, 0.717) is 28.2 Å². The molecule has 34 heavy (non-hydrogen) atoms. The second-order valence-corrected chi connectivity index (χ2v) is 10.7. The summed E-state index contributed by atoms with van der Waals surface area (Å²) in [4.78, 5) is 26.8. The summed E-state index contributed by atoms with van der Waals surface area (Å²) in [6.07, 6.45) is 2.80. The molecule has 1 aliphatic rings. The minimum Gasteiger partial charge on any atom is -0.462 e. The van der Waals surface area contributed by atoms with E-state index in [1.165, 1.54) is 28.0 Å². The Labute approximate surface area is 205 Å². The smallest absolute Gasteiger partial charge is 0.341 e. The number of carbonyl (C=O) groups is 2. The quantitative estimate of drug-likeness (QED) is 0.290. The first-order valence-electron chi connectivity index (χ1n) is 11.4. The molecule has 1 aromatic carbocycles. The van der Waals surface area contributed by atoms with Gasteiger partial charge in [0.15, 0.2) is 10.8 Å². The van der Waals surface area contributed by atoms with E-state index in [0.717, 1.165) is 46.9 Å². The number of benzene rings is 1. The Bertz CT molecular complexity index is 1410. The van der Waals surface area contributed by atoms with E-state index >= 15 is 0 Å². The van der Waals surface area contributed by atoms with Gasteiger partial charge in [-0.2, -0.15) is 0 Å². The Morgan fingerprint density at radius 2 is 2.12 bits per heavy atom. The number of ether oxygens (including phenoxy) is 1. The summed E-state index contributed by atoms with van der Waals surface area (Å²) in [5.74, 6) is 0.184. The lowest BCUT2D eigenvalue weighted by Gasteiger charge is -2.18. The molecular weight excluding hydrogens is 468 g/mol. The van der Waals surface area contributed by atoms with Crippen molar-refractivity contribution in [3.05, 3.63) is 51.9 Å². The van der Waals surface area contributed by atoms with Gasteiger partial charge < -0.3 is 10.1 Å². The number of pyridine rings is 1. The van der Waals surface area contributed by atoms with Crippen LogP contribution in [-0.2, 0) is 22.4 Å². The lowest BCUT2D eigenvalue weighted by Crippen LogP contribution is -2.17. The van der Waals surface area contributed by atoms with Crippen LogP contribution >= 0.6 is 23.1 Å². The second-order valence-electron chi connectivity index (χ2n) is 8.64. The fourth-order valence-electron chi connectivity index (χ4n) is 4.50. The van der Waals surface area contributed by atoms with Crippen molar-refractivity contribution in [3.8, 4) is 0 Å². The van der Waals surface area contributed by atoms with E-state index < -0.39 is 0 Å². The Morgan fingerprint density at radius 1 is 1.29 bits per heavy atom. The molecule has 1 amide bonds. The maximum Gasteiger partial charge on any atom is 0.341 e.